The number of unbranched alkanes of at least 4 members (excludes halogenated alkanes) is 1. The highest BCUT2D eigenvalue weighted by atomic mass is 16.5. The van der Waals surface area contributed by atoms with Crippen molar-refractivity contribution in [2.75, 3.05) is 53.0 Å². The second-order valence-corrected chi connectivity index (χ2v) is 16.4. The molecule has 356 valence electrons. The summed E-state index contributed by atoms with van der Waals surface area (Å²) in [5.74, 6) is -1.88. The highest BCUT2D eigenvalue weighted by Gasteiger charge is 2.33. The van der Waals surface area contributed by atoms with E-state index >= 15 is 0 Å². The molecular formula is C50H63N9O8. The van der Waals surface area contributed by atoms with Crippen LogP contribution in [0.3, 0.4) is 0 Å². The summed E-state index contributed by atoms with van der Waals surface area (Å²) in [5, 5.41) is 20.0. The number of likely N-dealkylation sites (N-methyl/N-ethyl adjacent to an activating group) is 1. The lowest BCUT2D eigenvalue weighted by Gasteiger charge is -2.29. The molecule has 1 aliphatic heterocycles. The van der Waals surface area contributed by atoms with E-state index in [0.29, 0.717) is 56.4 Å². The van der Waals surface area contributed by atoms with Gasteiger partial charge in [0.2, 0.25) is 23.6 Å². The van der Waals surface area contributed by atoms with Gasteiger partial charge in [-0.2, -0.15) is 5.26 Å². The number of hydrogen-bond acceptors (Lipinski definition) is 12. The third kappa shape index (κ3) is 14.0. The summed E-state index contributed by atoms with van der Waals surface area (Å²) in [4.78, 5) is 71.0. The molecule has 0 aromatic heterocycles. The number of amides is 5. The van der Waals surface area contributed by atoms with Crippen molar-refractivity contribution in [3.8, 4) is 40.2 Å². The molecular weight excluding hydrogens is 855 g/mol. The Hall–Kier alpha value is -7.00. The number of ether oxygens (including phenoxy) is 3. The molecule has 0 aliphatic carbocycles. The number of carbonyl (C=O) groups excluding carboxylic acids is 5. The molecule has 4 atom stereocenters. The number of rotatable bonds is 20. The fraction of sp³-hybridized carbons (Fsp3) is 0.400. The van der Waals surface area contributed by atoms with Gasteiger partial charge in [-0.15, -0.1) is 0 Å². The number of benzene rings is 4. The van der Waals surface area contributed by atoms with Crippen LogP contribution in [0.1, 0.15) is 71.6 Å². The van der Waals surface area contributed by atoms with Crippen molar-refractivity contribution in [1.82, 2.24) is 26.2 Å². The Kier molecular flexibility index (Phi) is 19.1. The van der Waals surface area contributed by atoms with Gasteiger partial charge in [0.25, 0.3) is 5.91 Å². The monoisotopic (exact) mass is 917 g/mol. The molecule has 1 heterocycles. The third-order valence-electron chi connectivity index (χ3n) is 11.3. The second kappa shape index (κ2) is 25.1. The first kappa shape index (κ1) is 51.0. The van der Waals surface area contributed by atoms with Crippen LogP contribution in [0, 0.1) is 18.3 Å². The van der Waals surface area contributed by atoms with Gasteiger partial charge in [-0.3, -0.25) is 24.0 Å². The van der Waals surface area contributed by atoms with E-state index < -0.39 is 53.6 Å². The highest BCUT2D eigenvalue weighted by molar-refractivity contribution is 5.99. The third-order valence-corrected chi connectivity index (χ3v) is 11.3. The number of fused-ring (bicyclic) bond motifs is 5. The molecule has 1 aliphatic rings. The average molecular weight is 918 g/mol. The molecule has 4 bridgehead atoms. The van der Waals surface area contributed by atoms with E-state index in [-0.39, 0.29) is 58.8 Å². The Morgan fingerprint density at radius 2 is 1.54 bits per heavy atom. The standard InChI is InChI=1S/C50H63N9O8/c1-5-6-7-33-8-12-36(13-9-33)67-37-14-15-38(31(2)26-37)47(61)57-42(18-19-51)50(64)59(4)30-41-35-11-17-45(66-25-22-54)40(29-35)39-27-34(10-16-44(39)65-24-21-53)28-43(49(63)55-23-20-52)58-46(60)32(3)56-48(41)62/h8-17,26-27,29,32,41-43H,5-7,18-19,21-25,28,30,51,53-54H2,1-4H3,(H,55,63)(H,56,62)(H,57,61)(H,58,60)/t32-,41?,42-,43-/m0/s1. The first-order valence-corrected chi connectivity index (χ1v) is 22.6. The van der Waals surface area contributed by atoms with Gasteiger partial charge >= 0.3 is 0 Å². The highest BCUT2D eigenvalue weighted by Crippen LogP contribution is 2.40. The molecule has 0 saturated carbocycles. The van der Waals surface area contributed by atoms with Crippen molar-refractivity contribution in [3.05, 3.63) is 107 Å². The Balaban J connectivity index is 1.46. The molecule has 1 unspecified atom stereocenters. The zero-order valence-electron chi connectivity index (χ0n) is 38.7. The fourth-order valence-electron chi connectivity index (χ4n) is 7.68. The lowest BCUT2D eigenvalue weighted by Crippen LogP contribution is -2.54. The Morgan fingerprint density at radius 3 is 2.18 bits per heavy atom. The van der Waals surface area contributed by atoms with E-state index in [1.165, 1.54) is 24.4 Å². The van der Waals surface area contributed by atoms with Crippen LogP contribution in [-0.4, -0.2) is 106 Å². The molecule has 67 heavy (non-hydrogen) atoms. The zero-order chi connectivity index (χ0) is 48.5. The minimum absolute atomic E-state index is 0.0239. The van der Waals surface area contributed by atoms with Crippen molar-refractivity contribution >= 4 is 29.5 Å². The summed E-state index contributed by atoms with van der Waals surface area (Å²) in [6.45, 7) is 5.76. The Labute approximate surface area is 392 Å². The van der Waals surface area contributed by atoms with Crippen LogP contribution in [0.4, 0.5) is 0 Å². The van der Waals surface area contributed by atoms with Crippen molar-refractivity contribution in [3.63, 3.8) is 0 Å². The minimum atomic E-state index is -1.14. The van der Waals surface area contributed by atoms with Gasteiger partial charge < -0.3 is 57.6 Å². The number of nitrogens with two attached hydrogens (primary N) is 3. The van der Waals surface area contributed by atoms with Crippen LogP contribution in [0.25, 0.3) is 11.1 Å². The quantitative estimate of drug-likeness (QED) is 0.0630. The Bertz CT molecular complexity index is 2400. The topological polar surface area (TPSA) is 266 Å². The largest absolute Gasteiger partial charge is 0.492 e. The molecule has 0 radical (unpaired) electrons. The number of nitrogens with one attached hydrogen (secondary N) is 4. The molecule has 17 nitrogen and oxygen atoms in total. The normalized spacial score (nSPS) is 16.2. The van der Waals surface area contributed by atoms with E-state index in [2.05, 4.69) is 28.2 Å². The minimum Gasteiger partial charge on any atom is -0.492 e. The van der Waals surface area contributed by atoms with E-state index in [9.17, 15) is 24.0 Å². The van der Waals surface area contributed by atoms with E-state index in [0.717, 1.165) is 19.3 Å². The average Bonchev–Trinajstić information content (AvgIpc) is 3.32. The smallest absolute Gasteiger partial charge is 0.252 e. The SMILES string of the molecule is CCCCc1ccc(Oc2ccc(C(=O)N[C@@H](CCN)C(=O)N(C)CC3C(=O)N[C@@H](C)C(=O)N[C@H](C(=O)NCC#N)Cc4ccc(OCCN)c(c4)-c4cc3ccc4OCCN)c(C)c2)cc1. The number of nitrogens with zero attached hydrogens (tertiary/aromatic N) is 2. The van der Waals surface area contributed by atoms with Crippen molar-refractivity contribution < 1.29 is 38.2 Å². The van der Waals surface area contributed by atoms with Gasteiger partial charge in [0.15, 0.2) is 0 Å². The first-order valence-electron chi connectivity index (χ1n) is 22.6. The summed E-state index contributed by atoms with van der Waals surface area (Å²) in [7, 11) is 1.52. The zero-order valence-corrected chi connectivity index (χ0v) is 38.7. The van der Waals surface area contributed by atoms with Crippen molar-refractivity contribution in [1.29, 1.82) is 5.26 Å². The molecule has 0 saturated heterocycles. The number of carbonyl (C=O) groups is 5. The van der Waals surface area contributed by atoms with Gasteiger partial charge in [-0.1, -0.05) is 37.6 Å². The maximum Gasteiger partial charge on any atom is 0.252 e. The molecule has 4 aromatic rings. The molecule has 5 rings (SSSR count). The summed E-state index contributed by atoms with van der Waals surface area (Å²) >= 11 is 0. The second-order valence-electron chi connectivity index (χ2n) is 16.4. The van der Waals surface area contributed by atoms with Crippen LogP contribution in [0.15, 0.2) is 78.9 Å². The first-order chi connectivity index (χ1) is 32.3. The number of hydrogen-bond donors (Lipinski definition) is 7. The van der Waals surface area contributed by atoms with Crippen LogP contribution >= 0.6 is 0 Å². The van der Waals surface area contributed by atoms with Gasteiger partial charge in [0.05, 0.1) is 12.0 Å². The number of nitriles is 1. The lowest BCUT2D eigenvalue weighted by molar-refractivity contribution is -0.134. The summed E-state index contributed by atoms with van der Waals surface area (Å²) in [5.41, 5.74) is 22.0. The molecule has 0 fully saturated rings. The number of aryl methyl sites for hydroxylation is 2. The lowest BCUT2D eigenvalue weighted by atomic mass is 9.91. The Morgan fingerprint density at radius 1 is 0.866 bits per heavy atom. The summed E-state index contributed by atoms with van der Waals surface area (Å²) in [6.07, 6.45) is 3.34. The van der Waals surface area contributed by atoms with Crippen LogP contribution < -0.4 is 52.7 Å². The summed E-state index contributed by atoms with van der Waals surface area (Å²) in [6, 6.07) is 22.0. The maximum absolute atomic E-state index is 14.5. The van der Waals surface area contributed by atoms with E-state index in [1.54, 1.807) is 61.5 Å². The van der Waals surface area contributed by atoms with Crippen LogP contribution in [0.2, 0.25) is 0 Å². The summed E-state index contributed by atoms with van der Waals surface area (Å²) < 4.78 is 18.3. The predicted octanol–water partition coefficient (Wildman–Crippen LogP) is 3.35. The molecule has 4 aromatic carbocycles. The van der Waals surface area contributed by atoms with Gasteiger partial charge in [0, 0.05) is 49.8 Å². The maximum atomic E-state index is 14.5. The van der Waals surface area contributed by atoms with Gasteiger partial charge in [0.1, 0.15) is 60.9 Å². The van der Waals surface area contributed by atoms with Crippen LogP contribution in [-0.2, 0) is 32.0 Å². The molecule has 0 spiro atoms. The van der Waals surface area contributed by atoms with Gasteiger partial charge in [-0.25, -0.2) is 0 Å². The predicted molar refractivity (Wildman–Crippen MR) is 254 cm³/mol. The van der Waals surface area contributed by atoms with E-state index in [4.69, 9.17) is 36.7 Å². The van der Waals surface area contributed by atoms with E-state index in [1.807, 2.05) is 30.3 Å². The van der Waals surface area contributed by atoms with Gasteiger partial charge in [-0.05, 0) is 117 Å². The molecule has 17 heteroatoms. The molecule has 5 amide bonds. The van der Waals surface area contributed by atoms with Crippen molar-refractivity contribution in [2.24, 2.45) is 17.2 Å². The van der Waals surface area contributed by atoms with Crippen LogP contribution in [0.5, 0.6) is 23.0 Å². The molecule has 10 N–H and O–H groups in total. The fourth-order valence-corrected chi connectivity index (χ4v) is 7.68. The van der Waals surface area contributed by atoms with Crippen molar-refractivity contribution in [2.45, 2.75) is 76.9 Å².